The van der Waals surface area contributed by atoms with Gasteiger partial charge in [-0.1, -0.05) is 6.07 Å². The van der Waals surface area contributed by atoms with Gasteiger partial charge in [0.25, 0.3) is 0 Å². The number of rotatable bonds is 4. The molecule has 1 amide bonds. The summed E-state index contributed by atoms with van der Waals surface area (Å²) in [6.45, 7) is 1.88. The number of amides is 1. The van der Waals surface area contributed by atoms with E-state index in [-0.39, 0.29) is 11.7 Å². The third-order valence-corrected chi connectivity index (χ3v) is 6.36. The summed E-state index contributed by atoms with van der Waals surface area (Å²) in [5, 5.41) is 0. The zero-order valence-electron chi connectivity index (χ0n) is 13.6. The Labute approximate surface area is 136 Å². The number of nitrogens with zero attached hydrogens (tertiary/aromatic N) is 1. The first kappa shape index (κ1) is 15.0. The van der Waals surface area contributed by atoms with E-state index in [0.29, 0.717) is 24.2 Å². The van der Waals surface area contributed by atoms with Crippen LogP contribution in [0.3, 0.4) is 0 Å². The highest BCUT2D eigenvalue weighted by atomic mass is 19.1. The summed E-state index contributed by atoms with van der Waals surface area (Å²) in [5.41, 5.74) is 0.596. The summed E-state index contributed by atoms with van der Waals surface area (Å²) >= 11 is 0. The second-order valence-corrected chi connectivity index (χ2v) is 7.42. The lowest BCUT2D eigenvalue weighted by molar-refractivity contribution is -0.130. The first-order valence-corrected chi connectivity index (χ1v) is 8.76. The van der Waals surface area contributed by atoms with Gasteiger partial charge in [0, 0.05) is 25.6 Å². The minimum Gasteiger partial charge on any atom is -0.497 e. The van der Waals surface area contributed by atoms with Crippen LogP contribution in [0.15, 0.2) is 18.2 Å². The van der Waals surface area contributed by atoms with Gasteiger partial charge in [-0.05, 0) is 61.0 Å². The number of halogens is 1. The highest BCUT2D eigenvalue weighted by molar-refractivity contribution is 5.76. The number of likely N-dealkylation sites (tertiary alicyclic amines) is 1. The van der Waals surface area contributed by atoms with Gasteiger partial charge in [-0.25, -0.2) is 4.39 Å². The fourth-order valence-electron chi connectivity index (χ4n) is 5.14. The van der Waals surface area contributed by atoms with Crippen LogP contribution >= 0.6 is 0 Å². The van der Waals surface area contributed by atoms with Gasteiger partial charge in [-0.15, -0.1) is 0 Å². The van der Waals surface area contributed by atoms with Crippen LogP contribution in [-0.4, -0.2) is 31.0 Å². The van der Waals surface area contributed by atoms with E-state index in [0.717, 1.165) is 36.8 Å². The van der Waals surface area contributed by atoms with Gasteiger partial charge in [0.05, 0.1) is 7.11 Å². The van der Waals surface area contributed by atoms with Gasteiger partial charge < -0.3 is 9.64 Å². The highest BCUT2D eigenvalue weighted by Gasteiger charge is 2.52. The van der Waals surface area contributed by atoms with Crippen molar-refractivity contribution in [2.24, 2.45) is 23.7 Å². The molecule has 1 saturated heterocycles. The van der Waals surface area contributed by atoms with Gasteiger partial charge >= 0.3 is 0 Å². The lowest BCUT2D eigenvalue weighted by Gasteiger charge is -2.22. The Morgan fingerprint density at radius 1 is 1.26 bits per heavy atom. The lowest BCUT2D eigenvalue weighted by Crippen LogP contribution is -2.30. The van der Waals surface area contributed by atoms with Crippen molar-refractivity contribution in [1.29, 1.82) is 0 Å². The molecule has 2 aliphatic carbocycles. The van der Waals surface area contributed by atoms with Crippen LogP contribution in [0.1, 0.15) is 31.2 Å². The molecule has 0 unspecified atom stereocenters. The van der Waals surface area contributed by atoms with Crippen molar-refractivity contribution >= 4 is 5.91 Å². The van der Waals surface area contributed by atoms with Crippen LogP contribution in [0.2, 0.25) is 0 Å². The number of hydrogen-bond acceptors (Lipinski definition) is 2. The molecule has 23 heavy (non-hydrogen) atoms. The van der Waals surface area contributed by atoms with Crippen LogP contribution in [0.4, 0.5) is 4.39 Å². The van der Waals surface area contributed by atoms with Gasteiger partial charge in [0.15, 0.2) is 0 Å². The minimum atomic E-state index is -0.284. The van der Waals surface area contributed by atoms with E-state index in [4.69, 9.17) is 4.74 Å². The Bertz CT molecular complexity index is 599. The largest absolute Gasteiger partial charge is 0.497 e. The third kappa shape index (κ3) is 2.62. The number of benzene rings is 1. The number of carbonyl (C=O) groups is 1. The molecule has 4 atom stereocenters. The SMILES string of the molecule is COc1ccc(CCC(=O)N2C[C@@H]3[C@@H]4CC[C@@H](C4)[C@@H]3C2)c(F)c1. The van der Waals surface area contributed by atoms with Crippen LogP contribution in [-0.2, 0) is 11.2 Å². The summed E-state index contributed by atoms with van der Waals surface area (Å²) in [4.78, 5) is 14.5. The molecule has 2 bridgehead atoms. The van der Waals surface area contributed by atoms with Gasteiger partial charge in [0.2, 0.25) is 5.91 Å². The maximum Gasteiger partial charge on any atom is 0.222 e. The molecule has 124 valence electrons. The molecule has 1 aromatic carbocycles. The zero-order valence-corrected chi connectivity index (χ0v) is 13.6. The predicted octanol–water partition coefficient (Wildman–Crippen LogP) is 3.27. The number of ether oxygens (including phenoxy) is 1. The first-order chi connectivity index (χ1) is 11.2. The van der Waals surface area contributed by atoms with Crippen molar-refractivity contribution in [1.82, 2.24) is 4.90 Å². The van der Waals surface area contributed by atoms with Crippen molar-refractivity contribution in [2.75, 3.05) is 20.2 Å². The maximum atomic E-state index is 14.0. The van der Waals surface area contributed by atoms with E-state index < -0.39 is 0 Å². The molecule has 0 radical (unpaired) electrons. The maximum absolute atomic E-state index is 14.0. The molecule has 2 saturated carbocycles. The number of carbonyl (C=O) groups excluding carboxylic acids is 1. The molecule has 1 aliphatic heterocycles. The molecule has 4 heteroatoms. The first-order valence-electron chi connectivity index (χ1n) is 8.76. The fourth-order valence-corrected chi connectivity index (χ4v) is 5.14. The van der Waals surface area contributed by atoms with Gasteiger partial charge in [-0.2, -0.15) is 0 Å². The van der Waals surface area contributed by atoms with Crippen molar-refractivity contribution in [3.05, 3.63) is 29.6 Å². The quantitative estimate of drug-likeness (QED) is 0.853. The number of hydrogen-bond donors (Lipinski definition) is 0. The smallest absolute Gasteiger partial charge is 0.222 e. The number of fused-ring (bicyclic) bond motifs is 5. The normalized spacial score (nSPS) is 31.5. The monoisotopic (exact) mass is 317 g/mol. The molecule has 3 aliphatic rings. The molecule has 4 rings (SSSR count). The van der Waals surface area contributed by atoms with Crippen LogP contribution < -0.4 is 4.74 Å². The predicted molar refractivity (Wildman–Crippen MR) is 85.7 cm³/mol. The number of methoxy groups -OCH3 is 1. The van der Waals surface area contributed by atoms with E-state index in [1.54, 1.807) is 12.1 Å². The highest BCUT2D eigenvalue weighted by Crippen LogP contribution is 2.55. The summed E-state index contributed by atoms with van der Waals surface area (Å²) in [6.07, 6.45) is 5.00. The molecule has 1 aromatic rings. The molecular weight excluding hydrogens is 293 g/mol. The molecule has 3 fully saturated rings. The van der Waals surface area contributed by atoms with Gasteiger partial charge in [-0.3, -0.25) is 4.79 Å². The molecule has 0 N–H and O–H groups in total. The van der Waals surface area contributed by atoms with E-state index in [2.05, 4.69) is 0 Å². The summed E-state index contributed by atoms with van der Waals surface area (Å²) in [5.74, 6) is 3.64. The Hall–Kier alpha value is -1.58. The topological polar surface area (TPSA) is 29.5 Å². The second-order valence-electron chi connectivity index (χ2n) is 7.42. The molecular formula is C19H24FNO2. The van der Waals surface area contributed by atoms with Gasteiger partial charge in [0.1, 0.15) is 11.6 Å². The summed E-state index contributed by atoms with van der Waals surface area (Å²) in [7, 11) is 1.52. The molecule has 0 spiro atoms. The third-order valence-electron chi connectivity index (χ3n) is 6.36. The molecule has 1 heterocycles. The van der Waals surface area contributed by atoms with E-state index in [9.17, 15) is 9.18 Å². The van der Waals surface area contributed by atoms with Crippen molar-refractivity contribution in [2.45, 2.75) is 32.1 Å². The standard InChI is InChI=1S/C19H24FNO2/c1-23-15-6-4-12(18(20)9-15)5-7-19(22)21-10-16-13-2-3-14(8-13)17(16)11-21/h4,6,9,13-14,16-17H,2-3,5,7-8,10-11H2,1H3/t13-,14+,16-,17+. The molecule has 3 nitrogen and oxygen atoms in total. The van der Waals surface area contributed by atoms with Crippen LogP contribution in [0.25, 0.3) is 0 Å². The Kier molecular flexibility index (Phi) is 3.78. The zero-order chi connectivity index (χ0) is 16.0. The fraction of sp³-hybridized carbons (Fsp3) is 0.632. The average molecular weight is 317 g/mol. The summed E-state index contributed by atoms with van der Waals surface area (Å²) < 4.78 is 19.0. The van der Waals surface area contributed by atoms with E-state index >= 15 is 0 Å². The van der Waals surface area contributed by atoms with Crippen molar-refractivity contribution in [3.8, 4) is 5.75 Å². The van der Waals surface area contributed by atoms with Crippen molar-refractivity contribution < 1.29 is 13.9 Å². The Morgan fingerprint density at radius 2 is 1.96 bits per heavy atom. The Morgan fingerprint density at radius 3 is 2.57 bits per heavy atom. The van der Waals surface area contributed by atoms with Crippen LogP contribution in [0, 0.1) is 29.5 Å². The number of aryl methyl sites for hydroxylation is 1. The lowest BCUT2D eigenvalue weighted by atomic mass is 9.82. The van der Waals surface area contributed by atoms with E-state index in [1.807, 2.05) is 4.90 Å². The second kappa shape index (κ2) is 5.81. The minimum absolute atomic E-state index is 0.189. The van der Waals surface area contributed by atoms with Crippen LogP contribution in [0.5, 0.6) is 5.75 Å². The van der Waals surface area contributed by atoms with Crippen molar-refractivity contribution in [3.63, 3.8) is 0 Å². The summed E-state index contributed by atoms with van der Waals surface area (Å²) in [6, 6.07) is 4.86. The molecule has 0 aromatic heterocycles. The average Bonchev–Trinajstić information content (AvgIpc) is 3.25. The van der Waals surface area contributed by atoms with E-state index in [1.165, 1.54) is 32.4 Å². The Balaban J connectivity index is 1.34.